The minimum atomic E-state index is -0.560. The minimum absolute atomic E-state index is 0.0946. The largest absolute Gasteiger partial charge is 0.336 e. The number of carbonyl (C=O) groups is 1. The lowest BCUT2D eigenvalue weighted by atomic mass is 10.1. The molecule has 136 valence electrons. The molecule has 1 aliphatic heterocycles. The normalized spacial score (nSPS) is 15.0. The number of hydrogen-bond donors (Lipinski definition) is 0. The van der Waals surface area contributed by atoms with Crippen LogP contribution in [0.2, 0.25) is 5.02 Å². The van der Waals surface area contributed by atoms with E-state index in [9.17, 15) is 14.9 Å². The molecule has 1 fully saturated rings. The molecule has 3 rings (SSSR count). The van der Waals surface area contributed by atoms with E-state index in [4.69, 9.17) is 11.6 Å². The van der Waals surface area contributed by atoms with E-state index in [-0.39, 0.29) is 22.2 Å². The van der Waals surface area contributed by atoms with E-state index in [2.05, 4.69) is 17.0 Å². The second-order valence-electron chi connectivity index (χ2n) is 6.29. The molecule has 1 heterocycles. The highest BCUT2D eigenvalue weighted by Gasteiger charge is 2.27. The number of nitro benzene ring substituents is 1. The molecule has 1 aliphatic rings. The van der Waals surface area contributed by atoms with Gasteiger partial charge in [-0.15, -0.1) is 0 Å². The predicted molar refractivity (Wildman–Crippen MR) is 101 cm³/mol. The minimum Gasteiger partial charge on any atom is -0.336 e. The standard InChI is InChI=1S/C19H20ClN3O3/c20-16-6-7-17(18(14-16)23(25)26)19(24)22-12-10-21(11-13-22)9-8-15-4-2-1-3-5-15/h1-7,14H,8-13H2. The van der Waals surface area contributed by atoms with Crippen LogP contribution in [0.5, 0.6) is 0 Å². The summed E-state index contributed by atoms with van der Waals surface area (Å²) in [5.74, 6) is -0.309. The Morgan fingerprint density at radius 1 is 1.08 bits per heavy atom. The SMILES string of the molecule is O=C(c1ccc(Cl)cc1[N+](=O)[O-])N1CCN(CCc2ccccc2)CC1. The molecule has 2 aromatic rings. The quantitative estimate of drug-likeness (QED) is 0.596. The van der Waals surface area contributed by atoms with E-state index in [1.165, 1.54) is 23.8 Å². The monoisotopic (exact) mass is 373 g/mol. The molecule has 2 aromatic carbocycles. The van der Waals surface area contributed by atoms with Gasteiger partial charge in [-0.25, -0.2) is 0 Å². The Morgan fingerprint density at radius 3 is 2.42 bits per heavy atom. The summed E-state index contributed by atoms with van der Waals surface area (Å²) in [5, 5.41) is 11.5. The molecule has 0 aliphatic carbocycles. The summed E-state index contributed by atoms with van der Waals surface area (Å²) >= 11 is 5.82. The lowest BCUT2D eigenvalue weighted by Gasteiger charge is -2.34. The molecule has 6 nitrogen and oxygen atoms in total. The second kappa shape index (κ2) is 8.29. The zero-order chi connectivity index (χ0) is 18.5. The number of rotatable bonds is 5. The molecule has 0 spiro atoms. The van der Waals surface area contributed by atoms with Crippen molar-refractivity contribution in [2.45, 2.75) is 6.42 Å². The van der Waals surface area contributed by atoms with Crippen molar-refractivity contribution in [1.82, 2.24) is 9.80 Å². The van der Waals surface area contributed by atoms with Crippen LogP contribution in [0.4, 0.5) is 5.69 Å². The first kappa shape index (κ1) is 18.4. The Balaban J connectivity index is 1.58. The third-order valence-electron chi connectivity index (χ3n) is 4.61. The molecule has 0 N–H and O–H groups in total. The zero-order valence-electron chi connectivity index (χ0n) is 14.3. The molecule has 0 radical (unpaired) electrons. The van der Waals surface area contributed by atoms with Crippen molar-refractivity contribution in [2.75, 3.05) is 32.7 Å². The van der Waals surface area contributed by atoms with E-state index >= 15 is 0 Å². The number of piperazine rings is 1. The molecule has 0 unspecified atom stereocenters. The van der Waals surface area contributed by atoms with Crippen molar-refractivity contribution >= 4 is 23.2 Å². The highest BCUT2D eigenvalue weighted by atomic mass is 35.5. The smallest absolute Gasteiger partial charge is 0.283 e. The van der Waals surface area contributed by atoms with Crippen molar-refractivity contribution < 1.29 is 9.72 Å². The summed E-state index contributed by atoms with van der Waals surface area (Å²) in [6.07, 6.45) is 0.970. The van der Waals surface area contributed by atoms with Crippen LogP contribution in [0, 0.1) is 10.1 Å². The third-order valence-corrected chi connectivity index (χ3v) is 4.84. The van der Waals surface area contributed by atoms with Gasteiger partial charge < -0.3 is 4.90 Å². The van der Waals surface area contributed by atoms with E-state index in [0.717, 1.165) is 26.1 Å². The Morgan fingerprint density at radius 2 is 1.77 bits per heavy atom. The Labute approximate surface area is 157 Å². The average Bonchev–Trinajstić information content (AvgIpc) is 2.67. The first-order valence-electron chi connectivity index (χ1n) is 8.54. The number of amides is 1. The van der Waals surface area contributed by atoms with E-state index in [1.54, 1.807) is 4.90 Å². The number of carbonyl (C=O) groups excluding carboxylic acids is 1. The van der Waals surface area contributed by atoms with Gasteiger partial charge in [0.2, 0.25) is 0 Å². The summed E-state index contributed by atoms with van der Waals surface area (Å²) in [6, 6.07) is 14.5. The van der Waals surface area contributed by atoms with E-state index in [1.807, 2.05) is 18.2 Å². The highest BCUT2D eigenvalue weighted by Crippen LogP contribution is 2.25. The van der Waals surface area contributed by atoms with E-state index in [0.29, 0.717) is 13.1 Å². The molecule has 26 heavy (non-hydrogen) atoms. The number of nitro groups is 1. The van der Waals surface area contributed by atoms with Crippen LogP contribution in [0.15, 0.2) is 48.5 Å². The first-order chi connectivity index (χ1) is 12.5. The Bertz CT molecular complexity index is 790. The van der Waals surface area contributed by atoms with Crippen molar-refractivity contribution in [3.8, 4) is 0 Å². The van der Waals surface area contributed by atoms with Crippen molar-refractivity contribution in [3.63, 3.8) is 0 Å². The van der Waals surface area contributed by atoms with Gasteiger partial charge in [0.25, 0.3) is 11.6 Å². The molecule has 1 saturated heterocycles. The topological polar surface area (TPSA) is 66.7 Å². The summed E-state index contributed by atoms with van der Waals surface area (Å²) < 4.78 is 0. The van der Waals surface area contributed by atoms with Gasteiger partial charge in [0.05, 0.1) is 4.92 Å². The van der Waals surface area contributed by atoms with Gasteiger partial charge in [0.15, 0.2) is 0 Å². The molecule has 0 saturated carbocycles. The number of halogens is 1. The van der Waals surface area contributed by atoms with Crippen LogP contribution >= 0.6 is 11.6 Å². The van der Waals surface area contributed by atoms with Gasteiger partial charge in [0, 0.05) is 43.8 Å². The molecule has 0 aromatic heterocycles. The van der Waals surface area contributed by atoms with Crippen molar-refractivity contribution in [3.05, 3.63) is 74.8 Å². The maximum absolute atomic E-state index is 12.7. The van der Waals surface area contributed by atoms with Crippen LogP contribution < -0.4 is 0 Å². The molecule has 0 atom stereocenters. The fraction of sp³-hybridized carbons (Fsp3) is 0.316. The first-order valence-corrected chi connectivity index (χ1v) is 8.92. The van der Waals surface area contributed by atoms with Crippen LogP contribution in [0.25, 0.3) is 0 Å². The third kappa shape index (κ3) is 4.39. The predicted octanol–water partition coefficient (Wildman–Crippen LogP) is 3.25. The van der Waals surface area contributed by atoms with Gasteiger partial charge >= 0.3 is 0 Å². The lowest BCUT2D eigenvalue weighted by Crippen LogP contribution is -2.49. The van der Waals surface area contributed by atoms with E-state index < -0.39 is 4.92 Å². The van der Waals surface area contributed by atoms with Gasteiger partial charge in [0.1, 0.15) is 5.56 Å². The fourth-order valence-corrected chi connectivity index (χ4v) is 3.28. The zero-order valence-corrected chi connectivity index (χ0v) is 15.1. The van der Waals surface area contributed by atoms with Gasteiger partial charge in [-0.05, 0) is 24.1 Å². The average molecular weight is 374 g/mol. The van der Waals surface area contributed by atoms with Gasteiger partial charge in [-0.1, -0.05) is 41.9 Å². The molecular weight excluding hydrogens is 354 g/mol. The Kier molecular flexibility index (Phi) is 5.85. The number of hydrogen-bond acceptors (Lipinski definition) is 4. The summed E-state index contributed by atoms with van der Waals surface area (Å²) in [6.45, 7) is 3.59. The maximum Gasteiger partial charge on any atom is 0.283 e. The van der Waals surface area contributed by atoms with Gasteiger partial charge in [-0.3, -0.25) is 19.8 Å². The van der Waals surface area contributed by atoms with Crippen LogP contribution in [0.1, 0.15) is 15.9 Å². The number of benzene rings is 2. The summed E-state index contributed by atoms with van der Waals surface area (Å²) in [4.78, 5) is 27.3. The summed E-state index contributed by atoms with van der Waals surface area (Å²) in [5.41, 5.74) is 1.15. The lowest BCUT2D eigenvalue weighted by molar-refractivity contribution is -0.385. The van der Waals surface area contributed by atoms with Crippen LogP contribution in [-0.4, -0.2) is 53.4 Å². The summed E-state index contributed by atoms with van der Waals surface area (Å²) in [7, 11) is 0. The number of nitrogens with zero attached hydrogens (tertiary/aromatic N) is 3. The fourth-order valence-electron chi connectivity index (χ4n) is 3.11. The van der Waals surface area contributed by atoms with Crippen molar-refractivity contribution in [1.29, 1.82) is 0 Å². The molecule has 0 bridgehead atoms. The molecule has 7 heteroatoms. The van der Waals surface area contributed by atoms with Gasteiger partial charge in [-0.2, -0.15) is 0 Å². The highest BCUT2D eigenvalue weighted by molar-refractivity contribution is 6.31. The Hall–Kier alpha value is -2.44. The molecule has 1 amide bonds. The van der Waals surface area contributed by atoms with Crippen LogP contribution in [-0.2, 0) is 6.42 Å². The van der Waals surface area contributed by atoms with Crippen molar-refractivity contribution in [2.24, 2.45) is 0 Å². The van der Waals surface area contributed by atoms with Crippen LogP contribution in [0.3, 0.4) is 0 Å². The second-order valence-corrected chi connectivity index (χ2v) is 6.72. The molecular formula is C19H20ClN3O3. The maximum atomic E-state index is 12.7.